The van der Waals surface area contributed by atoms with E-state index in [-0.39, 0.29) is 5.91 Å². The second kappa shape index (κ2) is 6.81. The minimum atomic E-state index is -0.193. The molecule has 0 atom stereocenters. The molecule has 25 heavy (non-hydrogen) atoms. The van der Waals surface area contributed by atoms with Gasteiger partial charge in [0.05, 0.1) is 0 Å². The summed E-state index contributed by atoms with van der Waals surface area (Å²) in [7, 11) is 0. The molecular weight excluding hydrogens is 320 g/mol. The van der Waals surface area contributed by atoms with Gasteiger partial charge in [-0.25, -0.2) is 19.6 Å². The van der Waals surface area contributed by atoms with Crippen molar-refractivity contribution in [3.63, 3.8) is 0 Å². The van der Waals surface area contributed by atoms with E-state index in [1.165, 1.54) is 6.33 Å². The van der Waals surface area contributed by atoms with Crippen molar-refractivity contribution in [1.82, 2.24) is 39.9 Å². The lowest BCUT2D eigenvalue weighted by Gasteiger charge is -2.08. The SMILES string of the molecule is O=C(NCc1cccnc1-n1cncn1)c1cn2c(n1)CCNCC2. The van der Waals surface area contributed by atoms with Gasteiger partial charge in [-0.15, -0.1) is 0 Å². The van der Waals surface area contributed by atoms with Crippen molar-refractivity contribution < 1.29 is 4.79 Å². The predicted octanol–water partition coefficient (Wildman–Crippen LogP) is -0.0655. The Balaban J connectivity index is 1.48. The zero-order valence-corrected chi connectivity index (χ0v) is 13.6. The smallest absolute Gasteiger partial charge is 0.271 e. The Kier molecular flexibility index (Phi) is 4.21. The molecule has 0 saturated heterocycles. The molecule has 1 amide bonds. The van der Waals surface area contributed by atoms with E-state index < -0.39 is 0 Å². The first kappa shape index (κ1) is 15.5. The lowest BCUT2D eigenvalue weighted by atomic mass is 10.2. The molecule has 1 aliphatic rings. The van der Waals surface area contributed by atoms with Crippen LogP contribution in [0.3, 0.4) is 0 Å². The molecule has 0 saturated carbocycles. The molecule has 3 aromatic heterocycles. The van der Waals surface area contributed by atoms with Crippen LogP contribution in [-0.2, 0) is 19.5 Å². The highest BCUT2D eigenvalue weighted by Gasteiger charge is 2.16. The van der Waals surface area contributed by atoms with Gasteiger partial charge in [0.1, 0.15) is 24.2 Å². The number of hydrogen-bond donors (Lipinski definition) is 2. The standard InChI is InChI=1S/C16H18N8O/c25-16(13-9-23-7-6-17-5-3-14(23)22-13)20-8-12-2-1-4-19-15(12)24-11-18-10-21-24/h1-2,4,9-11,17H,3,5-8H2,(H,20,25). The summed E-state index contributed by atoms with van der Waals surface area (Å²) in [5.41, 5.74) is 1.30. The Hall–Kier alpha value is -3.07. The normalized spacial score (nSPS) is 13.9. The maximum Gasteiger partial charge on any atom is 0.271 e. The maximum absolute atomic E-state index is 12.5. The van der Waals surface area contributed by atoms with Crippen molar-refractivity contribution in [3.8, 4) is 5.82 Å². The van der Waals surface area contributed by atoms with Crippen LogP contribution >= 0.6 is 0 Å². The fourth-order valence-corrected chi connectivity index (χ4v) is 2.84. The number of imidazole rings is 1. The third-order valence-electron chi connectivity index (χ3n) is 4.09. The van der Waals surface area contributed by atoms with Gasteiger partial charge in [-0.2, -0.15) is 5.10 Å². The van der Waals surface area contributed by atoms with Crippen molar-refractivity contribution in [2.45, 2.75) is 19.5 Å². The number of hydrogen-bond acceptors (Lipinski definition) is 6. The number of fused-ring (bicyclic) bond motifs is 1. The molecule has 2 N–H and O–H groups in total. The number of carbonyl (C=O) groups is 1. The summed E-state index contributed by atoms with van der Waals surface area (Å²) in [6, 6.07) is 3.73. The number of nitrogens with one attached hydrogen (secondary N) is 2. The summed E-state index contributed by atoms with van der Waals surface area (Å²) in [6.07, 6.45) is 7.35. The van der Waals surface area contributed by atoms with Gasteiger partial charge >= 0.3 is 0 Å². The summed E-state index contributed by atoms with van der Waals surface area (Å²) in [4.78, 5) is 25.2. The van der Waals surface area contributed by atoms with E-state index in [1.54, 1.807) is 17.2 Å². The van der Waals surface area contributed by atoms with Gasteiger partial charge in [-0.3, -0.25) is 4.79 Å². The van der Waals surface area contributed by atoms with Crippen molar-refractivity contribution in [2.24, 2.45) is 0 Å². The highest BCUT2D eigenvalue weighted by atomic mass is 16.1. The second-order valence-corrected chi connectivity index (χ2v) is 5.74. The number of carbonyl (C=O) groups excluding carboxylic acids is 1. The van der Waals surface area contributed by atoms with Gasteiger partial charge < -0.3 is 15.2 Å². The third-order valence-corrected chi connectivity index (χ3v) is 4.09. The average Bonchev–Trinajstić information content (AvgIpc) is 3.26. The number of aromatic nitrogens is 6. The van der Waals surface area contributed by atoms with Crippen LogP contribution in [0.4, 0.5) is 0 Å². The molecule has 9 nitrogen and oxygen atoms in total. The van der Waals surface area contributed by atoms with Crippen LogP contribution in [0.15, 0.2) is 37.2 Å². The fraction of sp³-hybridized carbons (Fsp3) is 0.312. The molecule has 0 fully saturated rings. The van der Waals surface area contributed by atoms with E-state index in [0.29, 0.717) is 18.1 Å². The van der Waals surface area contributed by atoms with Crippen molar-refractivity contribution in [1.29, 1.82) is 0 Å². The van der Waals surface area contributed by atoms with Crippen LogP contribution in [0.1, 0.15) is 21.9 Å². The lowest BCUT2D eigenvalue weighted by molar-refractivity contribution is 0.0946. The summed E-state index contributed by atoms with van der Waals surface area (Å²) < 4.78 is 3.62. The first-order valence-corrected chi connectivity index (χ1v) is 8.15. The number of pyridine rings is 1. The summed E-state index contributed by atoms with van der Waals surface area (Å²) in [6.45, 7) is 2.94. The molecule has 3 aromatic rings. The summed E-state index contributed by atoms with van der Waals surface area (Å²) in [5.74, 6) is 1.40. The molecular formula is C16H18N8O. The van der Waals surface area contributed by atoms with Gasteiger partial charge in [0.15, 0.2) is 5.82 Å². The lowest BCUT2D eigenvalue weighted by Crippen LogP contribution is -2.24. The van der Waals surface area contributed by atoms with Gasteiger partial charge in [0.25, 0.3) is 5.91 Å². The van der Waals surface area contributed by atoms with E-state index >= 15 is 0 Å². The molecule has 128 valence electrons. The molecule has 9 heteroatoms. The Morgan fingerprint density at radius 2 is 2.32 bits per heavy atom. The van der Waals surface area contributed by atoms with Gasteiger partial charge in [0.2, 0.25) is 0 Å². The van der Waals surface area contributed by atoms with E-state index in [4.69, 9.17) is 0 Å². The minimum absolute atomic E-state index is 0.193. The highest BCUT2D eigenvalue weighted by molar-refractivity contribution is 5.92. The largest absolute Gasteiger partial charge is 0.346 e. The maximum atomic E-state index is 12.5. The zero-order valence-electron chi connectivity index (χ0n) is 13.6. The molecule has 0 unspecified atom stereocenters. The van der Waals surface area contributed by atoms with Crippen LogP contribution < -0.4 is 10.6 Å². The molecule has 0 radical (unpaired) electrons. The second-order valence-electron chi connectivity index (χ2n) is 5.74. The monoisotopic (exact) mass is 338 g/mol. The first-order chi connectivity index (χ1) is 12.3. The topological polar surface area (TPSA) is 103 Å². The van der Waals surface area contributed by atoms with Gasteiger partial charge in [-0.1, -0.05) is 6.07 Å². The molecule has 0 aliphatic carbocycles. The molecule has 1 aliphatic heterocycles. The van der Waals surface area contributed by atoms with Crippen LogP contribution in [0.5, 0.6) is 0 Å². The van der Waals surface area contributed by atoms with Gasteiger partial charge in [0, 0.05) is 50.6 Å². The molecule has 0 bridgehead atoms. The van der Waals surface area contributed by atoms with E-state index in [0.717, 1.165) is 37.4 Å². The van der Waals surface area contributed by atoms with Crippen LogP contribution in [-0.4, -0.2) is 48.3 Å². The third kappa shape index (κ3) is 3.26. The van der Waals surface area contributed by atoms with Crippen LogP contribution in [0, 0.1) is 0 Å². The van der Waals surface area contributed by atoms with E-state index in [2.05, 4.69) is 30.7 Å². The first-order valence-electron chi connectivity index (χ1n) is 8.15. The van der Waals surface area contributed by atoms with Crippen LogP contribution in [0.25, 0.3) is 5.82 Å². The Labute approximate surface area is 144 Å². The summed E-state index contributed by atoms with van der Waals surface area (Å²) >= 11 is 0. The average molecular weight is 338 g/mol. The van der Waals surface area contributed by atoms with E-state index in [9.17, 15) is 4.79 Å². The Bertz CT molecular complexity index is 847. The summed E-state index contributed by atoms with van der Waals surface area (Å²) in [5, 5.41) is 10.3. The Morgan fingerprint density at radius 3 is 3.20 bits per heavy atom. The number of amides is 1. The quantitative estimate of drug-likeness (QED) is 0.691. The number of rotatable bonds is 4. The van der Waals surface area contributed by atoms with Crippen molar-refractivity contribution in [3.05, 3.63) is 54.3 Å². The molecule has 4 rings (SSSR count). The fourth-order valence-electron chi connectivity index (χ4n) is 2.84. The Morgan fingerprint density at radius 1 is 1.36 bits per heavy atom. The molecule has 0 spiro atoms. The molecule has 0 aromatic carbocycles. The van der Waals surface area contributed by atoms with Crippen LogP contribution in [0.2, 0.25) is 0 Å². The minimum Gasteiger partial charge on any atom is -0.346 e. The molecule has 4 heterocycles. The van der Waals surface area contributed by atoms with Crippen molar-refractivity contribution in [2.75, 3.05) is 13.1 Å². The van der Waals surface area contributed by atoms with Crippen molar-refractivity contribution >= 4 is 5.91 Å². The van der Waals surface area contributed by atoms with E-state index in [1.807, 2.05) is 22.9 Å². The highest BCUT2D eigenvalue weighted by Crippen LogP contribution is 2.10. The predicted molar refractivity (Wildman–Crippen MR) is 89.1 cm³/mol. The van der Waals surface area contributed by atoms with Gasteiger partial charge in [-0.05, 0) is 6.07 Å². The number of nitrogens with zero attached hydrogens (tertiary/aromatic N) is 6. The zero-order chi connectivity index (χ0) is 17.1.